The van der Waals surface area contributed by atoms with Gasteiger partial charge in [-0.3, -0.25) is 0 Å². The molecule has 0 unspecified atom stereocenters. The smallest absolute Gasteiger partial charge is 0.169 e. The van der Waals surface area contributed by atoms with Crippen LogP contribution in [-0.2, 0) is 0 Å². The normalized spacial score (nSPS) is 15.7. The molecule has 0 amide bonds. The molecule has 3 nitrogen and oxygen atoms in total. The van der Waals surface area contributed by atoms with E-state index in [4.69, 9.17) is 4.74 Å². The van der Waals surface area contributed by atoms with Gasteiger partial charge in [0.25, 0.3) is 0 Å². The van der Waals surface area contributed by atoms with Gasteiger partial charge in [0, 0.05) is 11.7 Å². The molecule has 94 valence electrons. The van der Waals surface area contributed by atoms with Gasteiger partial charge in [-0.25, -0.2) is 4.98 Å². The summed E-state index contributed by atoms with van der Waals surface area (Å²) in [5.41, 5.74) is 0.110. The zero-order valence-corrected chi connectivity index (χ0v) is 11.0. The van der Waals surface area contributed by atoms with E-state index in [9.17, 15) is 0 Å². The number of rotatable bonds is 6. The minimum absolute atomic E-state index is 0.110. The van der Waals surface area contributed by atoms with E-state index in [1.54, 1.807) is 0 Å². The molecule has 1 aromatic heterocycles. The topological polar surface area (TPSA) is 34.1 Å². The minimum atomic E-state index is 0.110. The van der Waals surface area contributed by atoms with Crippen LogP contribution in [0.4, 0.5) is 5.82 Å². The number of aromatic nitrogens is 1. The Hall–Kier alpha value is -1.25. The molecule has 1 aliphatic rings. The summed E-state index contributed by atoms with van der Waals surface area (Å²) >= 11 is 0. The first kappa shape index (κ1) is 12.2. The van der Waals surface area contributed by atoms with Gasteiger partial charge in [0.15, 0.2) is 11.6 Å². The van der Waals surface area contributed by atoms with Crippen LogP contribution in [0.25, 0.3) is 0 Å². The fraction of sp³-hybridized carbons (Fsp3) is 0.643. The van der Waals surface area contributed by atoms with Gasteiger partial charge in [0.1, 0.15) is 0 Å². The van der Waals surface area contributed by atoms with Crippen LogP contribution in [0, 0.1) is 5.92 Å². The van der Waals surface area contributed by atoms with Crippen LogP contribution in [0.15, 0.2) is 18.3 Å². The summed E-state index contributed by atoms with van der Waals surface area (Å²) in [6.45, 7) is 7.33. The number of hydrogen-bond donors (Lipinski definition) is 1. The molecule has 0 spiro atoms. The van der Waals surface area contributed by atoms with E-state index >= 15 is 0 Å². The van der Waals surface area contributed by atoms with Crippen LogP contribution in [0.1, 0.15) is 40.0 Å². The summed E-state index contributed by atoms with van der Waals surface area (Å²) in [7, 11) is 0. The molecule has 1 N–H and O–H groups in total. The Morgan fingerprint density at radius 3 is 2.88 bits per heavy atom. The Morgan fingerprint density at radius 2 is 2.24 bits per heavy atom. The van der Waals surface area contributed by atoms with E-state index < -0.39 is 0 Å². The molecule has 0 saturated heterocycles. The van der Waals surface area contributed by atoms with Crippen molar-refractivity contribution in [1.82, 2.24) is 4.98 Å². The van der Waals surface area contributed by atoms with Crippen LogP contribution in [0.5, 0.6) is 5.75 Å². The van der Waals surface area contributed by atoms with E-state index in [0.717, 1.165) is 30.5 Å². The first-order valence-electron chi connectivity index (χ1n) is 6.49. The minimum Gasteiger partial charge on any atom is -0.490 e. The Morgan fingerprint density at radius 1 is 1.47 bits per heavy atom. The third-order valence-corrected chi connectivity index (χ3v) is 3.27. The standard InChI is InChI=1S/C14H22N2O/c1-4-10-17-12-6-5-9-15-13(12)16-14(2,3)11-7-8-11/h5-6,9,11H,4,7-8,10H2,1-3H3,(H,15,16). The molecule has 1 saturated carbocycles. The molecule has 0 aliphatic heterocycles. The van der Waals surface area contributed by atoms with Crippen LogP contribution in [-0.4, -0.2) is 17.1 Å². The van der Waals surface area contributed by atoms with E-state index in [0.29, 0.717) is 0 Å². The summed E-state index contributed by atoms with van der Waals surface area (Å²) in [6, 6.07) is 3.90. The van der Waals surface area contributed by atoms with E-state index in [-0.39, 0.29) is 5.54 Å². The molecule has 0 aromatic carbocycles. The van der Waals surface area contributed by atoms with Gasteiger partial charge in [-0.1, -0.05) is 6.92 Å². The van der Waals surface area contributed by atoms with Crippen LogP contribution < -0.4 is 10.1 Å². The third kappa shape index (κ3) is 3.11. The van der Waals surface area contributed by atoms with Gasteiger partial charge in [-0.05, 0) is 51.2 Å². The van der Waals surface area contributed by atoms with E-state index in [1.807, 2.05) is 18.3 Å². The molecule has 2 rings (SSSR count). The van der Waals surface area contributed by atoms with Crippen molar-refractivity contribution in [2.45, 2.75) is 45.6 Å². The van der Waals surface area contributed by atoms with Crippen molar-refractivity contribution in [1.29, 1.82) is 0 Å². The number of ether oxygens (including phenoxy) is 1. The maximum atomic E-state index is 5.71. The third-order valence-electron chi connectivity index (χ3n) is 3.27. The molecule has 3 heteroatoms. The average Bonchev–Trinajstić information content (AvgIpc) is 3.11. The maximum Gasteiger partial charge on any atom is 0.169 e. The van der Waals surface area contributed by atoms with Gasteiger partial charge in [0.05, 0.1) is 6.61 Å². The van der Waals surface area contributed by atoms with E-state index in [2.05, 4.69) is 31.1 Å². The fourth-order valence-electron chi connectivity index (χ4n) is 2.03. The summed E-state index contributed by atoms with van der Waals surface area (Å²) in [4.78, 5) is 4.39. The second-order valence-corrected chi connectivity index (χ2v) is 5.32. The first-order chi connectivity index (χ1) is 8.13. The van der Waals surface area contributed by atoms with Crippen molar-refractivity contribution in [2.24, 2.45) is 5.92 Å². The second kappa shape index (κ2) is 4.94. The van der Waals surface area contributed by atoms with Gasteiger partial charge in [0.2, 0.25) is 0 Å². The highest BCUT2D eigenvalue weighted by atomic mass is 16.5. The lowest BCUT2D eigenvalue weighted by molar-refractivity contribution is 0.316. The lowest BCUT2D eigenvalue weighted by Crippen LogP contribution is -2.33. The first-order valence-corrected chi connectivity index (χ1v) is 6.49. The molecule has 1 heterocycles. The summed E-state index contributed by atoms with van der Waals surface area (Å²) < 4.78 is 5.71. The summed E-state index contributed by atoms with van der Waals surface area (Å²) in [5, 5.41) is 3.52. The zero-order chi connectivity index (χ0) is 12.3. The summed E-state index contributed by atoms with van der Waals surface area (Å²) in [6.07, 6.45) is 5.46. The number of pyridine rings is 1. The SMILES string of the molecule is CCCOc1cccnc1NC(C)(C)C1CC1. The largest absolute Gasteiger partial charge is 0.490 e. The highest BCUT2D eigenvalue weighted by Crippen LogP contribution is 2.41. The van der Waals surface area contributed by atoms with Gasteiger partial charge in [-0.2, -0.15) is 0 Å². The average molecular weight is 234 g/mol. The van der Waals surface area contributed by atoms with Gasteiger partial charge < -0.3 is 10.1 Å². The number of nitrogens with zero attached hydrogens (tertiary/aromatic N) is 1. The van der Waals surface area contributed by atoms with Crippen molar-refractivity contribution in [3.8, 4) is 5.75 Å². The van der Waals surface area contributed by atoms with E-state index in [1.165, 1.54) is 12.8 Å². The Balaban J connectivity index is 2.08. The Kier molecular flexibility index (Phi) is 3.55. The lowest BCUT2D eigenvalue weighted by Gasteiger charge is -2.27. The molecule has 1 fully saturated rings. The maximum absolute atomic E-state index is 5.71. The Bertz CT molecular complexity index is 372. The van der Waals surface area contributed by atoms with Crippen molar-refractivity contribution >= 4 is 5.82 Å². The lowest BCUT2D eigenvalue weighted by atomic mass is 9.99. The molecular formula is C14H22N2O. The fourth-order valence-corrected chi connectivity index (χ4v) is 2.03. The molecule has 1 aliphatic carbocycles. The molecule has 0 atom stereocenters. The molecule has 17 heavy (non-hydrogen) atoms. The predicted octanol–water partition coefficient (Wildman–Crippen LogP) is 3.47. The van der Waals surface area contributed by atoms with Crippen LogP contribution >= 0.6 is 0 Å². The monoisotopic (exact) mass is 234 g/mol. The van der Waals surface area contributed by atoms with Crippen molar-refractivity contribution < 1.29 is 4.74 Å². The molecular weight excluding hydrogens is 212 g/mol. The van der Waals surface area contributed by atoms with Crippen LogP contribution in [0.3, 0.4) is 0 Å². The van der Waals surface area contributed by atoms with Crippen molar-refractivity contribution in [3.05, 3.63) is 18.3 Å². The van der Waals surface area contributed by atoms with Crippen molar-refractivity contribution in [3.63, 3.8) is 0 Å². The highest BCUT2D eigenvalue weighted by molar-refractivity contribution is 5.51. The van der Waals surface area contributed by atoms with Crippen molar-refractivity contribution in [2.75, 3.05) is 11.9 Å². The Labute approximate surface area is 104 Å². The van der Waals surface area contributed by atoms with Gasteiger partial charge >= 0.3 is 0 Å². The molecule has 0 bridgehead atoms. The highest BCUT2D eigenvalue weighted by Gasteiger charge is 2.38. The quantitative estimate of drug-likeness (QED) is 0.818. The predicted molar refractivity (Wildman–Crippen MR) is 70.4 cm³/mol. The zero-order valence-electron chi connectivity index (χ0n) is 11.0. The number of hydrogen-bond acceptors (Lipinski definition) is 3. The summed E-state index contributed by atoms with van der Waals surface area (Å²) in [5.74, 6) is 2.50. The number of nitrogens with one attached hydrogen (secondary N) is 1. The molecule has 1 aromatic rings. The second-order valence-electron chi connectivity index (χ2n) is 5.32. The molecule has 0 radical (unpaired) electrons. The van der Waals surface area contributed by atoms with Crippen LogP contribution in [0.2, 0.25) is 0 Å². The van der Waals surface area contributed by atoms with Gasteiger partial charge in [-0.15, -0.1) is 0 Å². The number of anilines is 1.